The van der Waals surface area contributed by atoms with Crippen LogP contribution < -0.4 is 5.32 Å². The summed E-state index contributed by atoms with van der Waals surface area (Å²) in [6.07, 6.45) is -0.283. The van der Waals surface area contributed by atoms with Crippen molar-refractivity contribution in [3.63, 3.8) is 0 Å². The van der Waals surface area contributed by atoms with E-state index >= 15 is 0 Å². The van der Waals surface area contributed by atoms with E-state index in [1.165, 1.54) is 13.8 Å². The monoisotopic (exact) mass is 255 g/mol. The number of aliphatic carboxylic acids is 1. The van der Waals surface area contributed by atoms with Gasteiger partial charge in [-0.25, -0.2) is 4.39 Å². The minimum atomic E-state index is -1.07. The maximum absolute atomic E-state index is 13.0. The average Bonchev–Trinajstić information content (AvgIpc) is 2.18. The van der Waals surface area contributed by atoms with Gasteiger partial charge in [-0.2, -0.15) is 0 Å². The number of phenolic OH excluding ortho intramolecular Hbond substituents is 1. The maximum atomic E-state index is 13.0. The summed E-state index contributed by atoms with van der Waals surface area (Å²) in [5, 5.41) is 20.5. The van der Waals surface area contributed by atoms with Crippen molar-refractivity contribution in [1.82, 2.24) is 5.32 Å². The maximum Gasteiger partial charge on any atom is 0.305 e. The van der Waals surface area contributed by atoms with Crippen molar-refractivity contribution < 1.29 is 24.2 Å². The van der Waals surface area contributed by atoms with Gasteiger partial charge in [0, 0.05) is 5.54 Å². The zero-order valence-electron chi connectivity index (χ0n) is 10.0. The molecule has 5 nitrogen and oxygen atoms in total. The normalized spacial score (nSPS) is 11.1. The topological polar surface area (TPSA) is 86.6 Å². The van der Waals surface area contributed by atoms with Crippen LogP contribution in [0, 0.1) is 5.82 Å². The van der Waals surface area contributed by atoms with E-state index < -0.39 is 23.2 Å². The quantitative estimate of drug-likeness (QED) is 0.761. The highest BCUT2D eigenvalue weighted by Crippen LogP contribution is 2.19. The van der Waals surface area contributed by atoms with Crippen LogP contribution in [0.4, 0.5) is 4.39 Å². The van der Waals surface area contributed by atoms with Crippen LogP contribution in [-0.4, -0.2) is 27.6 Å². The number of carbonyl (C=O) groups is 2. The summed E-state index contributed by atoms with van der Waals surface area (Å²) >= 11 is 0. The summed E-state index contributed by atoms with van der Waals surface area (Å²) in [5.41, 5.74) is -1.23. The number of aromatic hydroxyl groups is 1. The summed E-state index contributed by atoms with van der Waals surface area (Å²) in [4.78, 5) is 22.4. The summed E-state index contributed by atoms with van der Waals surface area (Å²) in [5.74, 6) is -2.81. The standard InChI is InChI=1S/C12H14FNO4/c1-12(2,6-10(16)17)14-11(18)8-5-7(13)3-4-9(8)15/h3-5,15H,6H2,1-2H3,(H,14,18)(H,16,17). The molecular weight excluding hydrogens is 241 g/mol. The van der Waals surface area contributed by atoms with Gasteiger partial charge < -0.3 is 15.5 Å². The van der Waals surface area contributed by atoms with Gasteiger partial charge in [0.25, 0.3) is 5.91 Å². The van der Waals surface area contributed by atoms with Gasteiger partial charge in [0.15, 0.2) is 0 Å². The first-order chi connectivity index (χ1) is 8.21. The Labute approximate surface area is 103 Å². The van der Waals surface area contributed by atoms with Gasteiger partial charge in [0.2, 0.25) is 0 Å². The molecule has 0 aromatic heterocycles. The molecule has 0 bridgehead atoms. The van der Waals surface area contributed by atoms with Gasteiger partial charge in [-0.15, -0.1) is 0 Å². The van der Waals surface area contributed by atoms with Gasteiger partial charge >= 0.3 is 5.97 Å². The molecule has 0 aliphatic carbocycles. The molecule has 98 valence electrons. The van der Waals surface area contributed by atoms with Crippen molar-refractivity contribution in [2.24, 2.45) is 0 Å². The second-order valence-corrected chi connectivity index (χ2v) is 4.57. The third-order valence-corrected chi connectivity index (χ3v) is 2.25. The lowest BCUT2D eigenvalue weighted by Crippen LogP contribution is -2.44. The number of amides is 1. The van der Waals surface area contributed by atoms with E-state index in [0.717, 1.165) is 18.2 Å². The van der Waals surface area contributed by atoms with E-state index in [-0.39, 0.29) is 17.7 Å². The highest BCUT2D eigenvalue weighted by molar-refractivity contribution is 5.97. The number of benzene rings is 1. The van der Waals surface area contributed by atoms with E-state index in [4.69, 9.17) is 5.11 Å². The molecule has 0 saturated carbocycles. The molecular formula is C12H14FNO4. The fourth-order valence-electron chi connectivity index (χ4n) is 1.49. The van der Waals surface area contributed by atoms with Gasteiger partial charge in [0.05, 0.1) is 12.0 Å². The summed E-state index contributed by atoms with van der Waals surface area (Å²) in [6, 6.07) is 2.98. The van der Waals surface area contributed by atoms with Crippen LogP contribution in [0.25, 0.3) is 0 Å². The smallest absolute Gasteiger partial charge is 0.305 e. The molecule has 1 amide bonds. The Balaban J connectivity index is 2.88. The Bertz CT molecular complexity index is 485. The van der Waals surface area contributed by atoms with E-state index in [9.17, 15) is 19.1 Å². The van der Waals surface area contributed by atoms with Crippen molar-refractivity contribution >= 4 is 11.9 Å². The molecule has 1 rings (SSSR count). The number of halogens is 1. The first-order valence-corrected chi connectivity index (χ1v) is 5.24. The van der Waals surface area contributed by atoms with Crippen LogP contribution in [0.3, 0.4) is 0 Å². The fourth-order valence-corrected chi connectivity index (χ4v) is 1.49. The second-order valence-electron chi connectivity index (χ2n) is 4.57. The van der Waals surface area contributed by atoms with Gasteiger partial charge in [-0.05, 0) is 32.0 Å². The zero-order valence-corrected chi connectivity index (χ0v) is 10.0. The Morgan fingerprint density at radius 3 is 2.56 bits per heavy atom. The largest absolute Gasteiger partial charge is 0.507 e. The molecule has 0 unspecified atom stereocenters. The highest BCUT2D eigenvalue weighted by atomic mass is 19.1. The van der Waals surface area contributed by atoms with Gasteiger partial charge in [-0.3, -0.25) is 9.59 Å². The van der Waals surface area contributed by atoms with E-state index in [1.54, 1.807) is 0 Å². The Morgan fingerprint density at radius 1 is 1.39 bits per heavy atom. The Morgan fingerprint density at radius 2 is 2.00 bits per heavy atom. The lowest BCUT2D eigenvalue weighted by molar-refractivity contribution is -0.138. The van der Waals surface area contributed by atoms with Gasteiger partial charge in [0.1, 0.15) is 11.6 Å². The Hall–Kier alpha value is -2.11. The number of carboxylic acid groups (broad SMARTS) is 1. The Kier molecular flexibility index (Phi) is 3.90. The summed E-state index contributed by atoms with van der Waals surface area (Å²) < 4.78 is 13.0. The highest BCUT2D eigenvalue weighted by Gasteiger charge is 2.25. The number of carbonyl (C=O) groups excluding carboxylic acids is 1. The van der Waals surface area contributed by atoms with Crippen molar-refractivity contribution in [2.75, 3.05) is 0 Å². The first-order valence-electron chi connectivity index (χ1n) is 5.24. The third kappa shape index (κ3) is 3.73. The molecule has 0 atom stereocenters. The number of hydrogen-bond donors (Lipinski definition) is 3. The number of nitrogens with one attached hydrogen (secondary N) is 1. The average molecular weight is 255 g/mol. The lowest BCUT2D eigenvalue weighted by Gasteiger charge is -2.24. The molecule has 18 heavy (non-hydrogen) atoms. The van der Waals surface area contributed by atoms with Crippen LogP contribution in [0.5, 0.6) is 5.75 Å². The summed E-state index contributed by atoms with van der Waals surface area (Å²) in [7, 11) is 0. The number of phenols is 1. The van der Waals surface area contributed by atoms with Crippen LogP contribution in [0.15, 0.2) is 18.2 Å². The number of hydrogen-bond acceptors (Lipinski definition) is 3. The van der Waals surface area contributed by atoms with E-state index in [2.05, 4.69) is 5.32 Å². The minimum absolute atomic E-state index is 0.228. The predicted octanol–water partition coefficient (Wildman–Crippen LogP) is 1.51. The molecule has 1 aromatic rings. The molecule has 3 N–H and O–H groups in total. The van der Waals surface area contributed by atoms with Crippen molar-refractivity contribution in [2.45, 2.75) is 25.8 Å². The summed E-state index contributed by atoms with van der Waals surface area (Å²) in [6.45, 7) is 3.05. The molecule has 0 aliphatic rings. The molecule has 6 heteroatoms. The van der Waals surface area contributed by atoms with Crippen LogP contribution in [0.1, 0.15) is 30.6 Å². The van der Waals surface area contributed by atoms with Crippen LogP contribution in [0.2, 0.25) is 0 Å². The molecule has 0 heterocycles. The van der Waals surface area contributed by atoms with E-state index in [0.29, 0.717) is 0 Å². The zero-order chi connectivity index (χ0) is 13.9. The lowest BCUT2D eigenvalue weighted by atomic mass is 10.00. The SMILES string of the molecule is CC(C)(CC(=O)O)NC(=O)c1cc(F)ccc1O. The fraction of sp³-hybridized carbons (Fsp3) is 0.333. The van der Waals surface area contributed by atoms with Gasteiger partial charge in [-0.1, -0.05) is 0 Å². The van der Waals surface area contributed by atoms with E-state index in [1.807, 2.05) is 0 Å². The molecule has 0 saturated heterocycles. The van der Waals surface area contributed by atoms with Crippen molar-refractivity contribution in [3.8, 4) is 5.75 Å². The van der Waals surface area contributed by atoms with Crippen molar-refractivity contribution in [1.29, 1.82) is 0 Å². The number of carboxylic acids is 1. The predicted molar refractivity (Wildman–Crippen MR) is 61.9 cm³/mol. The molecule has 0 spiro atoms. The third-order valence-electron chi connectivity index (χ3n) is 2.25. The van der Waals surface area contributed by atoms with Crippen LogP contribution >= 0.6 is 0 Å². The molecule has 0 radical (unpaired) electrons. The number of rotatable bonds is 4. The molecule has 0 fully saturated rings. The molecule has 1 aromatic carbocycles. The minimum Gasteiger partial charge on any atom is -0.507 e. The van der Waals surface area contributed by atoms with Crippen LogP contribution in [-0.2, 0) is 4.79 Å². The first kappa shape index (κ1) is 14.0. The second kappa shape index (κ2) is 5.03. The molecule has 0 aliphatic heterocycles. The van der Waals surface area contributed by atoms with Crippen molar-refractivity contribution in [3.05, 3.63) is 29.6 Å².